The number of unbranched alkanes of at least 4 members (excludes halogenated alkanes) is 22. The summed E-state index contributed by atoms with van der Waals surface area (Å²) in [4.78, 5) is 25.4. The normalized spacial score (nSPS) is 14.8. The van der Waals surface area contributed by atoms with E-state index in [9.17, 15) is 19.4 Å². The lowest BCUT2D eigenvalue weighted by Gasteiger charge is -2.29. The molecule has 3 unspecified atom stereocenters. The monoisotopic (exact) mass is 849 g/mol. The molecule has 0 aromatic carbocycles. The average molecular weight is 849 g/mol. The number of allylic oxidation sites excluding steroid dienone is 9. The van der Waals surface area contributed by atoms with Crippen molar-refractivity contribution in [1.82, 2.24) is 5.32 Å². The molecule has 0 aliphatic heterocycles. The summed E-state index contributed by atoms with van der Waals surface area (Å²) in [6, 6.07) is -0.915. The minimum atomic E-state index is -4.61. The molecule has 0 spiro atoms. The Morgan fingerprint density at radius 3 is 1.49 bits per heavy atom. The molecule has 3 atom stereocenters. The van der Waals surface area contributed by atoms with Gasteiger partial charge < -0.3 is 28.8 Å². The predicted octanol–water partition coefficient (Wildman–Crippen LogP) is 13.2. The SMILES string of the molecule is CCCCCC/C=C\C/C=C\CCCCCCCCCC(=O)NC(COP(=O)([O-])OCC[N+](C)(C)C)C(O)/C=C/CC/C=C/CC/C=C/CCCCCCCCCCC. The Bertz CT molecular complexity index is 1140. The molecule has 0 radical (unpaired) electrons. The molecule has 59 heavy (non-hydrogen) atoms. The number of aliphatic hydroxyl groups excluding tert-OH is 1. The van der Waals surface area contributed by atoms with E-state index >= 15 is 0 Å². The first-order chi connectivity index (χ1) is 28.5. The first-order valence-electron chi connectivity index (χ1n) is 24.2. The van der Waals surface area contributed by atoms with Gasteiger partial charge in [0.15, 0.2) is 0 Å². The predicted molar refractivity (Wildman–Crippen MR) is 251 cm³/mol. The molecule has 0 saturated heterocycles. The number of carbonyl (C=O) groups is 1. The first-order valence-corrected chi connectivity index (χ1v) is 25.6. The summed E-state index contributed by atoms with van der Waals surface area (Å²) >= 11 is 0. The second kappa shape index (κ2) is 41.5. The number of hydrogen-bond donors (Lipinski definition) is 2. The van der Waals surface area contributed by atoms with Crippen LogP contribution in [-0.4, -0.2) is 68.5 Å². The van der Waals surface area contributed by atoms with E-state index in [2.05, 4.69) is 67.8 Å². The van der Waals surface area contributed by atoms with E-state index in [1.165, 1.54) is 116 Å². The lowest BCUT2D eigenvalue weighted by molar-refractivity contribution is -0.870. The van der Waals surface area contributed by atoms with Gasteiger partial charge in [0.05, 0.1) is 39.9 Å². The maximum Gasteiger partial charge on any atom is 0.268 e. The van der Waals surface area contributed by atoms with E-state index in [-0.39, 0.29) is 12.5 Å². The van der Waals surface area contributed by atoms with Crippen molar-refractivity contribution < 1.29 is 32.9 Å². The van der Waals surface area contributed by atoms with Crippen molar-refractivity contribution in [3.63, 3.8) is 0 Å². The third kappa shape index (κ3) is 44.1. The zero-order valence-corrected chi connectivity index (χ0v) is 39.8. The fourth-order valence-electron chi connectivity index (χ4n) is 6.57. The summed E-state index contributed by atoms with van der Waals surface area (Å²) in [5.74, 6) is -0.221. The van der Waals surface area contributed by atoms with Crippen LogP contribution in [0.2, 0.25) is 0 Å². The Balaban J connectivity index is 4.47. The second-order valence-electron chi connectivity index (χ2n) is 17.4. The summed E-state index contributed by atoms with van der Waals surface area (Å²) in [5.41, 5.74) is 0. The van der Waals surface area contributed by atoms with Crippen LogP contribution in [-0.2, 0) is 18.4 Å². The highest BCUT2D eigenvalue weighted by molar-refractivity contribution is 7.45. The number of phosphoric acid groups is 1. The van der Waals surface area contributed by atoms with Crippen molar-refractivity contribution in [3.8, 4) is 0 Å². The number of hydrogen-bond acceptors (Lipinski definition) is 6. The Kier molecular flexibility index (Phi) is 40.3. The molecule has 0 aromatic heterocycles. The van der Waals surface area contributed by atoms with Gasteiger partial charge in [-0.1, -0.05) is 177 Å². The van der Waals surface area contributed by atoms with E-state index in [1.807, 2.05) is 27.2 Å². The van der Waals surface area contributed by atoms with Gasteiger partial charge in [0.2, 0.25) is 5.91 Å². The van der Waals surface area contributed by atoms with Crippen LogP contribution in [0, 0.1) is 0 Å². The highest BCUT2D eigenvalue weighted by atomic mass is 31.2. The number of nitrogens with zero attached hydrogens (tertiary/aromatic N) is 1. The molecule has 0 bridgehead atoms. The summed E-state index contributed by atoms with van der Waals surface area (Å²) in [5, 5.41) is 13.8. The summed E-state index contributed by atoms with van der Waals surface area (Å²) in [7, 11) is 1.22. The van der Waals surface area contributed by atoms with Gasteiger partial charge in [0, 0.05) is 6.42 Å². The summed E-state index contributed by atoms with van der Waals surface area (Å²) < 4.78 is 23.2. The van der Waals surface area contributed by atoms with Gasteiger partial charge in [-0.3, -0.25) is 9.36 Å². The Morgan fingerprint density at radius 1 is 0.593 bits per heavy atom. The molecule has 344 valence electrons. The largest absolute Gasteiger partial charge is 0.756 e. The summed E-state index contributed by atoms with van der Waals surface area (Å²) in [6.07, 6.45) is 54.1. The van der Waals surface area contributed by atoms with Crippen molar-refractivity contribution in [2.24, 2.45) is 0 Å². The Hall–Kier alpha value is -1.80. The van der Waals surface area contributed by atoms with Gasteiger partial charge in [-0.2, -0.15) is 0 Å². The molecule has 9 heteroatoms. The number of rotatable bonds is 43. The van der Waals surface area contributed by atoms with E-state index in [1.54, 1.807) is 6.08 Å². The molecule has 0 aliphatic carbocycles. The fourth-order valence-corrected chi connectivity index (χ4v) is 7.29. The second-order valence-corrected chi connectivity index (χ2v) is 18.8. The minimum absolute atomic E-state index is 0.0128. The smallest absolute Gasteiger partial charge is 0.268 e. The van der Waals surface area contributed by atoms with Gasteiger partial charge in [-0.25, -0.2) is 0 Å². The van der Waals surface area contributed by atoms with Crippen molar-refractivity contribution >= 4 is 13.7 Å². The summed E-state index contributed by atoms with van der Waals surface area (Å²) in [6.45, 7) is 4.59. The van der Waals surface area contributed by atoms with Crippen LogP contribution in [0.1, 0.15) is 200 Å². The van der Waals surface area contributed by atoms with Crippen LogP contribution in [0.15, 0.2) is 60.8 Å². The van der Waals surface area contributed by atoms with E-state index in [4.69, 9.17) is 9.05 Å². The molecule has 0 fully saturated rings. The van der Waals surface area contributed by atoms with Gasteiger partial charge in [0.25, 0.3) is 7.82 Å². The molecule has 2 N–H and O–H groups in total. The van der Waals surface area contributed by atoms with Crippen LogP contribution in [0.25, 0.3) is 0 Å². The molecule has 0 heterocycles. The molecule has 0 saturated carbocycles. The maximum atomic E-state index is 12.9. The van der Waals surface area contributed by atoms with Crippen LogP contribution in [0.4, 0.5) is 0 Å². The number of quaternary nitrogens is 1. The van der Waals surface area contributed by atoms with Gasteiger partial charge in [-0.15, -0.1) is 0 Å². The van der Waals surface area contributed by atoms with Crippen molar-refractivity contribution in [2.75, 3.05) is 40.9 Å². The van der Waals surface area contributed by atoms with E-state index in [0.717, 1.165) is 64.2 Å². The van der Waals surface area contributed by atoms with Gasteiger partial charge in [0.1, 0.15) is 13.2 Å². The highest BCUT2D eigenvalue weighted by Crippen LogP contribution is 2.38. The van der Waals surface area contributed by atoms with Crippen LogP contribution in [0.3, 0.4) is 0 Å². The van der Waals surface area contributed by atoms with Crippen LogP contribution in [0.5, 0.6) is 0 Å². The van der Waals surface area contributed by atoms with E-state index in [0.29, 0.717) is 17.4 Å². The Morgan fingerprint density at radius 2 is 1.00 bits per heavy atom. The quantitative estimate of drug-likeness (QED) is 0.0274. The standard InChI is InChI=1S/C50H93N2O6P/c1-6-8-10-12-14-16-18-20-22-24-26-27-29-31-33-35-37-39-41-43-49(53)48(47-58-59(55,56)57-46-45-52(3,4)5)51-50(54)44-42-40-38-36-34-32-30-28-25-23-21-19-17-15-13-11-9-7-2/h17,19,23,25-27,33,35,41,43,48-49,53H,6-16,18,20-22,24,28-32,34,36-40,42,44-47H2,1-5H3,(H-,51,54,55,56)/b19-17-,25-23-,27-26+,35-33+,43-41+. The number of amides is 1. The first kappa shape index (κ1) is 57.2. The molecule has 0 rings (SSSR count). The third-order valence-electron chi connectivity index (χ3n) is 10.4. The van der Waals surface area contributed by atoms with Gasteiger partial charge >= 0.3 is 0 Å². The number of carbonyl (C=O) groups excluding carboxylic acids is 1. The number of likely N-dealkylation sites (N-methyl/N-ethyl adjacent to an activating group) is 1. The average Bonchev–Trinajstić information content (AvgIpc) is 3.19. The lowest BCUT2D eigenvalue weighted by Crippen LogP contribution is -2.45. The van der Waals surface area contributed by atoms with E-state index < -0.39 is 26.6 Å². The topological polar surface area (TPSA) is 108 Å². The molecule has 8 nitrogen and oxygen atoms in total. The molecular weight excluding hydrogens is 756 g/mol. The maximum absolute atomic E-state index is 12.9. The number of phosphoric ester groups is 1. The molecule has 1 amide bonds. The van der Waals surface area contributed by atoms with Crippen LogP contribution < -0.4 is 10.2 Å². The van der Waals surface area contributed by atoms with Crippen molar-refractivity contribution in [1.29, 1.82) is 0 Å². The zero-order valence-electron chi connectivity index (χ0n) is 38.9. The Labute approximate surface area is 364 Å². The zero-order chi connectivity index (χ0) is 43.6. The van der Waals surface area contributed by atoms with Gasteiger partial charge in [-0.05, 0) is 77.0 Å². The number of nitrogens with one attached hydrogen (secondary N) is 1. The molecule has 0 aliphatic rings. The molecule has 0 aromatic rings. The minimum Gasteiger partial charge on any atom is -0.756 e. The van der Waals surface area contributed by atoms with Crippen molar-refractivity contribution in [3.05, 3.63) is 60.8 Å². The lowest BCUT2D eigenvalue weighted by atomic mass is 10.1. The third-order valence-corrected chi connectivity index (χ3v) is 11.4. The molecular formula is C50H93N2O6P. The van der Waals surface area contributed by atoms with Crippen molar-refractivity contribution in [2.45, 2.75) is 212 Å². The highest BCUT2D eigenvalue weighted by Gasteiger charge is 2.23. The number of aliphatic hydroxyl groups is 1. The van der Waals surface area contributed by atoms with Crippen LogP contribution >= 0.6 is 7.82 Å². The fraction of sp³-hybridized carbons (Fsp3) is 0.780.